The summed E-state index contributed by atoms with van der Waals surface area (Å²) in [6.07, 6.45) is 2.91. The normalized spacial score (nSPS) is 15.5. The van der Waals surface area contributed by atoms with E-state index in [1.165, 1.54) is 6.07 Å². The van der Waals surface area contributed by atoms with E-state index in [1.54, 1.807) is 6.07 Å². The molecule has 2 nitrogen and oxygen atoms in total. The van der Waals surface area contributed by atoms with Gasteiger partial charge in [0.05, 0.1) is 11.3 Å². The molecule has 100 valence electrons. The molecule has 0 spiro atoms. The monoisotopic (exact) mass is 275 g/mol. The minimum absolute atomic E-state index is 0.0926. The molecule has 2 rings (SSSR count). The van der Waals surface area contributed by atoms with Crippen LogP contribution in [0.15, 0.2) is 24.0 Å². The Hall–Kier alpha value is -1.60. The van der Waals surface area contributed by atoms with E-state index in [4.69, 9.17) is 9.69 Å². The molecule has 1 aromatic carbocycles. The van der Waals surface area contributed by atoms with Gasteiger partial charge in [-0.25, -0.2) is 4.39 Å². The second-order valence-corrected chi connectivity index (χ2v) is 10.2. The van der Waals surface area contributed by atoms with Gasteiger partial charge in [-0.1, -0.05) is 6.07 Å². The first-order chi connectivity index (χ1) is 8.90. The molecule has 0 heterocycles. The van der Waals surface area contributed by atoms with Crippen molar-refractivity contribution < 1.29 is 8.82 Å². The van der Waals surface area contributed by atoms with Crippen LogP contribution in [0.3, 0.4) is 0 Å². The average Bonchev–Trinajstić information content (AvgIpc) is 2.74. The van der Waals surface area contributed by atoms with Gasteiger partial charge < -0.3 is 4.43 Å². The fourth-order valence-electron chi connectivity index (χ4n) is 2.30. The molecule has 1 aliphatic carbocycles. The van der Waals surface area contributed by atoms with E-state index in [2.05, 4.69) is 19.6 Å². The van der Waals surface area contributed by atoms with Crippen LogP contribution < -0.4 is 0 Å². The summed E-state index contributed by atoms with van der Waals surface area (Å²) in [7, 11) is -1.63. The molecule has 0 saturated carbocycles. The Morgan fingerprint density at radius 1 is 1.26 bits per heavy atom. The zero-order valence-corrected chi connectivity index (χ0v) is 12.6. The van der Waals surface area contributed by atoms with Crippen LogP contribution in [0.4, 0.5) is 4.39 Å². The summed E-state index contributed by atoms with van der Waals surface area (Å²) in [5.41, 5.74) is 2.04. The van der Waals surface area contributed by atoms with E-state index in [0.29, 0.717) is 0 Å². The Bertz CT molecular complexity index is 566. The van der Waals surface area contributed by atoms with Crippen molar-refractivity contribution in [2.75, 3.05) is 0 Å². The number of nitrogens with zero attached hydrogens (tertiary/aromatic N) is 1. The van der Waals surface area contributed by atoms with E-state index in [0.717, 1.165) is 36.2 Å². The topological polar surface area (TPSA) is 33.0 Å². The largest absolute Gasteiger partial charge is 0.547 e. The maximum Gasteiger partial charge on any atom is 0.241 e. The highest BCUT2D eigenvalue weighted by Gasteiger charge is 2.24. The first-order valence-corrected chi connectivity index (χ1v) is 9.92. The number of hydrogen-bond acceptors (Lipinski definition) is 2. The van der Waals surface area contributed by atoms with Gasteiger partial charge >= 0.3 is 0 Å². The maximum absolute atomic E-state index is 13.7. The van der Waals surface area contributed by atoms with Crippen molar-refractivity contribution in [3.05, 3.63) is 40.9 Å². The number of benzene rings is 1. The first kappa shape index (κ1) is 13.8. The summed E-state index contributed by atoms with van der Waals surface area (Å²) in [6, 6.07) is 6.66. The minimum Gasteiger partial charge on any atom is -0.547 e. The van der Waals surface area contributed by atoms with Gasteiger partial charge in [0.25, 0.3) is 0 Å². The van der Waals surface area contributed by atoms with E-state index in [9.17, 15) is 4.39 Å². The second kappa shape index (κ2) is 5.18. The zero-order valence-electron chi connectivity index (χ0n) is 11.6. The molecule has 0 aliphatic heterocycles. The quantitative estimate of drug-likeness (QED) is 0.764. The number of allylic oxidation sites excluding steroid dienone is 2. The Kier molecular flexibility index (Phi) is 3.77. The van der Waals surface area contributed by atoms with Crippen LogP contribution in [-0.2, 0) is 4.43 Å². The number of hydrogen-bond donors (Lipinski definition) is 0. The molecular weight excluding hydrogens is 257 g/mol. The molecule has 0 unspecified atom stereocenters. The Labute approximate surface area is 114 Å². The number of halogens is 1. The molecule has 0 bridgehead atoms. The molecule has 0 saturated heterocycles. The molecule has 1 aliphatic rings. The standard InChI is InChI=1S/C15H18FNOSi/c1-19(2,3)18-15-6-4-5-13(15)11-7-8-12(10-17)14(16)9-11/h7-9H,4-6H2,1-3H3. The third-order valence-corrected chi connectivity index (χ3v) is 3.89. The van der Waals surface area contributed by atoms with Crippen LogP contribution >= 0.6 is 0 Å². The molecule has 0 N–H and O–H groups in total. The van der Waals surface area contributed by atoms with Crippen molar-refractivity contribution in [3.63, 3.8) is 0 Å². The predicted molar refractivity (Wildman–Crippen MR) is 76.3 cm³/mol. The number of nitriles is 1. The Morgan fingerprint density at radius 2 is 2.00 bits per heavy atom. The third-order valence-electron chi connectivity index (χ3n) is 3.03. The van der Waals surface area contributed by atoms with Crippen molar-refractivity contribution in [3.8, 4) is 6.07 Å². The van der Waals surface area contributed by atoms with Crippen molar-refractivity contribution in [2.24, 2.45) is 0 Å². The fourth-order valence-corrected chi connectivity index (χ4v) is 3.26. The molecule has 0 atom stereocenters. The van der Waals surface area contributed by atoms with Gasteiger partial charge in [0.2, 0.25) is 8.32 Å². The van der Waals surface area contributed by atoms with Gasteiger partial charge in [0.15, 0.2) is 0 Å². The summed E-state index contributed by atoms with van der Waals surface area (Å²) in [5.74, 6) is 0.565. The summed E-state index contributed by atoms with van der Waals surface area (Å²) >= 11 is 0. The first-order valence-electron chi connectivity index (χ1n) is 6.52. The average molecular weight is 275 g/mol. The highest BCUT2D eigenvalue weighted by Crippen LogP contribution is 2.36. The van der Waals surface area contributed by atoms with Gasteiger partial charge in [-0.05, 0) is 55.8 Å². The van der Waals surface area contributed by atoms with E-state index in [-0.39, 0.29) is 5.56 Å². The molecule has 0 fully saturated rings. The van der Waals surface area contributed by atoms with Crippen molar-refractivity contribution in [2.45, 2.75) is 38.9 Å². The van der Waals surface area contributed by atoms with Crippen molar-refractivity contribution in [1.29, 1.82) is 5.26 Å². The molecule has 0 aromatic heterocycles. The van der Waals surface area contributed by atoms with Crippen LogP contribution in [-0.4, -0.2) is 8.32 Å². The fraction of sp³-hybridized carbons (Fsp3) is 0.400. The molecule has 0 radical (unpaired) electrons. The smallest absolute Gasteiger partial charge is 0.241 e. The highest BCUT2D eigenvalue weighted by molar-refractivity contribution is 6.70. The van der Waals surface area contributed by atoms with Crippen LogP contribution in [0.1, 0.15) is 30.4 Å². The predicted octanol–water partition coefficient (Wildman–Crippen LogP) is 4.44. The lowest BCUT2D eigenvalue weighted by Crippen LogP contribution is -2.24. The van der Waals surface area contributed by atoms with Crippen LogP contribution in [0, 0.1) is 17.1 Å². The lowest BCUT2D eigenvalue weighted by Gasteiger charge is -2.21. The van der Waals surface area contributed by atoms with Gasteiger partial charge in [-0.3, -0.25) is 0 Å². The van der Waals surface area contributed by atoms with Crippen LogP contribution in [0.25, 0.3) is 5.57 Å². The van der Waals surface area contributed by atoms with E-state index in [1.807, 2.05) is 12.1 Å². The second-order valence-electron chi connectivity index (χ2n) is 5.78. The molecular formula is C15H18FNOSi. The third kappa shape index (κ3) is 3.24. The van der Waals surface area contributed by atoms with Gasteiger partial charge in [-0.2, -0.15) is 5.26 Å². The van der Waals surface area contributed by atoms with Crippen molar-refractivity contribution >= 4 is 13.9 Å². The van der Waals surface area contributed by atoms with Gasteiger partial charge in [-0.15, -0.1) is 0 Å². The minimum atomic E-state index is -1.63. The summed E-state index contributed by atoms with van der Waals surface area (Å²) < 4.78 is 19.8. The summed E-state index contributed by atoms with van der Waals surface area (Å²) in [5, 5.41) is 8.76. The Balaban J connectivity index is 2.37. The zero-order chi connectivity index (χ0) is 14.0. The molecule has 1 aromatic rings. The maximum atomic E-state index is 13.7. The van der Waals surface area contributed by atoms with Crippen LogP contribution in [0.2, 0.25) is 19.6 Å². The van der Waals surface area contributed by atoms with Crippen molar-refractivity contribution in [1.82, 2.24) is 0 Å². The molecule has 19 heavy (non-hydrogen) atoms. The van der Waals surface area contributed by atoms with Gasteiger partial charge in [0.1, 0.15) is 11.9 Å². The molecule has 0 amide bonds. The SMILES string of the molecule is C[Si](C)(C)OC1=C(c2ccc(C#N)c(F)c2)CCC1. The number of rotatable bonds is 3. The van der Waals surface area contributed by atoms with E-state index < -0.39 is 14.1 Å². The van der Waals surface area contributed by atoms with Crippen LogP contribution in [0.5, 0.6) is 0 Å². The highest BCUT2D eigenvalue weighted by atomic mass is 28.4. The van der Waals surface area contributed by atoms with E-state index >= 15 is 0 Å². The lowest BCUT2D eigenvalue weighted by molar-refractivity contribution is 0.410. The summed E-state index contributed by atoms with van der Waals surface area (Å²) in [4.78, 5) is 0. The lowest BCUT2D eigenvalue weighted by atomic mass is 10.0. The summed E-state index contributed by atoms with van der Waals surface area (Å²) in [6.45, 7) is 6.44. The van der Waals surface area contributed by atoms with Gasteiger partial charge in [0, 0.05) is 6.42 Å². The Morgan fingerprint density at radius 3 is 2.58 bits per heavy atom. The molecule has 4 heteroatoms.